The topological polar surface area (TPSA) is 70.1 Å². The zero-order valence-electron chi connectivity index (χ0n) is 17.1. The van der Waals surface area contributed by atoms with Crippen LogP contribution in [0.1, 0.15) is 24.8 Å². The molecule has 0 saturated carbocycles. The van der Waals surface area contributed by atoms with Gasteiger partial charge in [0, 0.05) is 6.54 Å². The number of piperidine rings is 1. The highest BCUT2D eigenvalue weighted by molar-refractivity contribution is 7.92. The molecule has 1 atom stereocenters. The van der Waals surface area contributed by atoms with E-state index in [0.29, 0.717) is 18.0 Å². The number of nitrogens with zero attached hydrogens (tertiary/aromatic N) is 2. The van der Waals surface area contributed by atoms with Crippen LogP contribution in [-0.4, -0.2) is 57.8 Å². The van der Waals surface area contributed by atoms with Crippen molar-refractivity contribution in [2.24, 2.45) is 0 Å². The second kappa shape index (κ2) is 9.61. The molecule has 0 radical (unpaired) electrons. The Morgan fingerprint density at radius 1 is 1.03 bits per heavy atom. The highest BCUT2D eigenvalue weighted by Gasteiger charge is 2.28. The summed E-state index contributed by atoms with van der Waals surface area (Å²) in [7, 11) is -2.24. The lowest BCUT2D eigenvalue weighted by atomic mass is 10.1. The number of β-amino-alcohol motifs (C(OH)–C–C–N with tert-alkyl or cyclic N) is 1. The van der Waals surface area contributed by atoms with Crippen LogP contribution in [0.2, 0.25) is 0 Å². The molecule has 3 rings (SSSR count). The summed E-state index contributed by atoms with van der Waals surface area (Å²) in [5.74, 6) is 0.648. The maximum Gasteiger partial charge on any atom is 0.264 e. The van der Waals surface area contributed by atoms with Crippen molar-refractivity contribution in [1.82, 2.24) is 4.90 Å². The van der Waals surface area contributed by atoms with Gasteiger partial charge in [-0.15, -0.1) is 0 Å². The molecule has 7 heteroatoms. The fraction of sp³-hybridized carbons (Fsp3) is 0.455. The van der Waals surface area contributed by atoms with E-state index in [9.17, 15) is 13.5 Å². The molecule has 0 aromatic heterocycles. The van der Waals surface area contributed by atoms with Crippen molar-refractivity contribution in [2.75, 3.05) is 37.6 Å². The molecule has 1 N–H and O–H groups in total. The Bertz CT molecular complexity index is 876. The van der Waals surface area contributed by atoms with Crippen LogP contribution in [0, 0.1) is 6.92 Å². The Morgan fingerprint density at radius 3 is 2.24 bits per heavy atom. The number of anilines is 1. The van der Waals surface area contributed by atoms with E-state index >= 15 is 0 Å². The molecule has 1 saturated heterocycles. The third-order valence-corrected chi connectivity index (χ3v) is 7.07. The molecule has 1 heterocycles. The van der Waals surface area contributed by atoms with E-state index in [-0.39, 0.29) is 11.4 Å². The van der Waals surface area contributed by atoms with Crippen LogP contribution < -0.4 is 9.04 Å². The molecule has 1 fully saturated rings. The normalized spacial score (nSPS) is 16.4. The molecule has 1 aliphatic heterocycles. The third-order valence-electron chi connectivity index (χ3n) is 5.26. The summed E-state index contributed by atoms with van der Waals surface area (Å²) in [6.45, 7) is 4.28. The van der Waals surface area contributed by atoms with Gasteiger partial charge in [-0.25, -0.2) is 8.42 Å². The highest BCUT2D eigenvalue weighted by atomic mass is 32.2. The second-order valence-corrected chi connectivity index (χ2v) is 9.42. The number of aliphatic hydroxyl groups excluding tert-OH is 1. The average molecular weight is 419 g/mol. The second-order valence-electron chi connectivity index (χ2n) is 7.56. The first-order valence-corrected chi connectivity index (χ1v) is 11.5. The smallest absolute Gasteiger partial charge is 0.264 e. The molecule has 0 bridgehead atoms. The molecular weight excluding hydrogens is 388 g/mol. The number of aliphatic hydroxyl groups is 1. The van der Waals surface area contributed by atoms with E-state index in [4.69, 9.17) is 4.74 Å². The first kappa shape index (κ1) is 21.6. The maximum absolute atomic E-state index is 13.4. The lowest BCUT2D eigenvalue weighted by Gasteiger charge is -2.31. The number of likely N-dealkylation sites (tertiary alicyclic amines) is 1. The van der Waals surface area contributed by atoms with Crippen LogP contribution in [0.5, 0.6) is 5.75 Å². The van der Waals surface area contributed by atoms with Gasteiger partial charge < -0.3 is 14.7 Å². The lowest BCUT2D eigenvalue weighted by Crippen LogP contribution is -2.44. The van der Waals surface area contributed by atoms with E-state index in [1.54, 1.807) is 55.6 Å². The lowest BCUT2D eigenvalue weighted by molar-refractivity contribution is 0.107. The van der Waals surface area contributed by atoms with Gasteiger partial charge >= 0.3 is 0 Å². The standard InChI is InChI=1S/C22H30N2O4S/c1-18-6-12-22(13-7-18)29(26,27)24(19-8-10-21(28-2)11-9-19)17-20(25)16-23-14-4-3-5-15-23/h6-13,20,25H,3-5,14-17H2,1-2H3/t20-/m0/s1. The molecular formula is C22H30N2O4S. The fourth-order valence-corrected chi connectivity index (χ4v) is 5.12. The molecule has 158 valence electrons. The summed E-state index contributed by atoms with van der Waals surface area (Å²) >= 11 is 0. The van der Waals surface area contributed by atoms with Gasteiger partial charge in [0.1, 0.15) is 5.75 Å². The van der Waals surface area contributed by atoms with Gasteiger partial charge in [-0.2, -0.15) is 0 Å². The molecule has 29 heavy (non-hydrogen) atoms. The van der Waals surface area contributed by atoms with Crippen molar-refractivity contribution < 1.29 is 18.3 Å². The quantitative estimate of drug-likeness (QED) is 0.714. The van der Waals surface area contributed by atoms with Crippen LogP contribution in [-0.2, 0) is 10.0 Å². The van der Waals surface area contributed by atoms with Gasteiger partial charge in [-0.3, -0.25) is 4.31 Å². The van der Waals surface area contributed by atoms with Crippen LogP contribution in [0.4, 0.5) is 5.69 Å². The monoisotopic (exact) mass is 418 g/mol. The van der Waals surface area contributed by atoms with Crippen molar-refractivity contribution in [3.05, 3.63) is 54.1 Å². The Morgan fingerprint density at radius 2 is 1.66 bits per heavy atom. The molecule has 2 aromatic carbocycles. The van der Waals surface area contributed by atoms with Crippen molar-refractivity contribution in [2.45, 2.75) is 37.2 Å². The summed E-state index contributed by atoms with van der Waals surface area (Å²) in [4.78, 5) is 2.42. The third kappa shape index (κ3) is 5.50. The highest BCUT2D eigenvalue weighted by Crippen LogP contribution is 2.26. The van der Waals surface area contributed by atoms with Crippen molar-refractivity contribution in [3.63, 3.8) is 0 Å². The van der Waals surface area contributed by atoms with Gasteiger partial charge in [0.15, 0.2) is 0 Å². The first-order valence-electron chi connectivity index (χ1n) is 10.0. The van der Waals surface area contributed by atoms with Crippen molar-refractivity contribution in [3.8, 4) is 5.75 Å². The van der Waals surface area contributed by atoms with Crippen LogP contribution in [0.3, 0.4) is 0 Å². The molecule has 2 aromatic rings. The van der Waals surface area contributed by atoms with Gasteiger partial charge in [0.2, 0.25) is 0 Å². The number of hydrogen-bond donors (Lipinski definition) is 1. The van der Waals surface area contributed by atoms with E-state index in [2.05, 4.69) is 4.90 Å². The van der Waals surface area contributed by atoms with E-state index in [1.165, 1.54) is 10.7 Å². The molecule has 0 amide bonds. The summed E-state index contributed by atoms with van der Waals surface area (Å²) in [6, 6.07) is 13.6. The SMILES string of the molecule is COc1ccc(N(C[C@@H](O)CN2CCCCC2)S(=O)(=O)c2ccc(C)cc2)cc1. The number of methoxy groups -OCH3 is 1. The first-order chi connectivity index (χ1) is 13.9. The average Bonchev–Trinajstić information content (AvgIpc) is 2.73. The predicted molar refractivity (Wildman–Crippen MR) is 115 cm³/mol. The largest absolute Gasteiger partial charge is 0.497 e. The number of ether oxygens (including phenoxy) is 1. The van der Waals surface area contributed by atoms with E-state index < -0.39 is 16.1 Å². The van der Waals surface area contributed by atoms with E-state index in [1.807, 2.05) is 6.92 Å². The van der Waals surface area contributed by atoms with Crippen LogP contribution in [0.25, 0.3) is 0 Å². The minimum Gasteiger partial charge on any atom is -0.497 e. The van der Waals surface area contributed by atoms with Gasteiger partial charge in [0.25, 0.3) is 10.0 Å². The Hall–Kier alpha value is -2.09. The van der Waals surface area contributed by atoms with E-state index in [0.717, 1.165) is 31.5 Å². The number of benzene rings is 2. The number of hydrogen-bond acceptors (Lipinski definition) is 5. The van der Waals surface area contributed by atoms with Crippen molar-refractivity contribution in [1.29, 1.82) is 0 Å². The van der Waals surface area contributed by atoms with Crippen molar-refractivity contribution >= 4 is 15.7 Å². The number of rotatable bonds is 8. The minimum absolute atomic E-state index is 0.000954. The van der Waals surface area contributed by atoms with Gasteiger partial charge in [-0.1, -0.05) is 24.1 Å². The predicted octanol–water partition coefficient (Wildman–Crippen LogP) is 3.05. The molecule has 0 spiro atoms. The fourth-order valence-electron chi connectivity index (χ4n) is 3.62. The minimum atomic E-state index is -3.81. The molecule has 6 nitrogen and oxygen atoms in total. The zero-order valence-corrected chi connectivity index (χ0v) is 17.9. The summed E-state index contributed by atoms with van der Waals surface area (Å²) in [6.07, 6.45) is 2.68. The molecule has 0 aliphatic carbocycles. The summed E-state index contributed by atoms with van der Waals surface area (Å²) < 4.78 is 33.3. The summed E-state index contributed by atoms with van der Waals surface area (Å²) in [5.41, 5.74) is 1.49. The number of aryl methyl sites for hydroxylation is 1. The Balaban J connectivity index is 1.86. The van der Waals surface area contributed by atoms with Crippen LogP contribution in [0.15, 0.2) is 53.4 Å². The molecule has 1 aliphatic rings. The zero-order chi connectivity index (χ0) is 20.9. The Labute approximate surface area is 173 Å². The Kier molecular flexibility index (Phi) is 7.16. The molecule has 0 unspecified atom stereocenters. The van der Waals surface area contributed by atoms with Gasteiger partial charge in [-0.05, 0) is 69.3 Å². The maximum atomic E-state index is 13.4. The number of sulfonamides is 1. The van der Waals surface area contributed by atoms with Crippen LogP contribution >= 0.6 is 0 Å². The van der Waals surface area contributed by atoms with Gasteiger partial charge in [0.05, 0.1) is 30.3 Å². The summed E-state index contributed by atoms with van der Waals surface area (Å²) in [5, 5.41) is 10.7.